The minimum atomic E-state index is -0.829. The Labute approximate surface area is 241 Å². The smallest absolute Gasteiger partial charge is 0.249 e. The Hall–Kier alpha value is -3.02. The van der Waals surface area contributed by atoms with Gasteiger partial charge in [-0.3, -0.25) is 9.48 Å². The number of hydrogen-bond donors (Lipinski definition) is 2. The summed E-state index contributed by atoms with van der Waals surface area (Å²) in [7, 11) is 1.68. The second-order valence-electron chi connectivity index (χ2n) is 12.9. The molecule has 6 rings (SSSR count). The van der Waals surface area contributed by atoms with Crippen LogP contribution in [0.25, 0.3) is 16.6 Å². The van der Waals surface area contributed by atoms with E-state index in [1.165, 1.54) is 0 Å². The highest BCUT2D eigenvalue weighted by atomic mass is 16.5. The first kappa shape index (κ1) is 28.1. The van der Waals surface area contributed by atoms with E-state index in [4.69, 9.17) is 19.7 Å². The fraction of sp³-hybridized carbons (Fsp3) is 0.667. The van der Waals surface area contributed by atoms with Crippen molar-refractivity contribution in [2.45, 2.75) is 82.9 Å². The molecule has 0 unspecified atom stereocenters. The summed E-state index contributed by atoms with van der Waals surface area (Å²) in [6.45, 7) is 9.50. The zero-order valence-electron chi connectivity index (χ0n) is 24.7. The SMILES string of the molecule is COC[C@H](C)Nc1ncc2c(-c3cnn(C(C)(C)C(=O)N4CCCC5(COC5)C4)c3)cc(C3CCC(O)CC3)n2n1. The molecule has 5 heterocycles. The molecular weight excluding hydrogens is 522 g/mol. The molecule has 11 heteroatoms. The molecule has 3 aromatic heterocycles. The number of aromatic nitrogens is 5. The van der Waals surface area contributed by atoms with Crippen LogP contribution in [0.2, 0.25) is 0 Å². The molecule has 2 aliphatic heterocycles. The standard InChI is InChI=1S/C30H43N7O4/c1-20(16-40-4)33-28-31-14-26-24(12-25(37(26)34-28)21-6-8-23(38)9-7-21)22-13-32-36(15-22)29(2,3)27(39)35-11-5-10-30(17-35)18-41-19-30/h12-15,20-21,23,38H,5-11,16-19H2,1-4H3,(H,33,34)/t20-,21?,23?/m0/s1. The van der Waals surface area contributed by atoms with E-state index >= 15 is 0 Å². The maximum absolute atomic E-state index is 13.8. The number of likely N-dealkylation sites (tertiary alicyclic amines) is 1. The molecule has 222 valence electrons. The average molecular weight is 566 g/mol. The predicted molar refractivity (Wildman–Crippen MR) is 155 cm³/mol. The predicted octanol–water partition coefficient (Wildman–Crippen LogP) is 3.43. The van der Waals surface area contributed by atoms with E-state index < -0.39 is 5.54 Å². The van der Waals surface area contributed by atoms with Gasteiger partial charge in [0.2, 0.25) is 11.9 Å². The topological polar surface area (TPSA) is 119 Å². The second-order valence-corrected chi connectivity index (χ2v) is 12.9. The highest BCUT2D eigenvalue weighted by Crippen LogP contribution is 2.40. The minimum Gasteiger partial charge on any atom is -0.393 e. The van der Waals surface area contributed by atoms with Gasteiger partial charge in [0.25, 0.3) is 0 Å². The van der Waals surface area contributed by atoms with Crippen molar-refractivity contribution in [3.05, 3.63) is 30.4 Å². The molecule has 0 radical (unpaired) electrons. The Morgan fingerprint density at radius 1 is 1.27 bits per heavy atom. The van der Waals surface area contributed by atoms with Crippen LogP contribution in [0.1, 0.15) is 70.9 Å². The number of anilines is 1. The number of fused-ring (bicyclic) bond motifs is 1. The van der Waals surface area contributed by atoms with Gasteiger partial charge in [0.05, 0.1) is 43.8 Å². The van der Waals surface area contributed by atoms with Gasteiger partial charge in [0, 0.05) is 60.6 Å². The highest BCUT2D eigenvalue weighted by molar-refractivity contribution is 5.85. The Kier molecular flexibility index (Phi) is 7.54. The van der Waals surface area contributed by atoms with E-state index in [0.717, 1.165) is 87.2 Å². The van der Waals surface area contributed by atoms with E-state index in [1.54, 1.807) is 11.8 Å². The third-order valence-corrected chi connectivity index (χ3v) is 9.21. The molecule has 41 heavy (non-hydrogen) atoms. The van der Waals surface area contributed by atoms with Crippen LogP contribution in [0.4, 0.5) is 5.95 Å². The van der Waals surface area contributed by atoms with Gasteiger partial charge >= 0.3 is 0 Å². The minimum absolute atomic E-state index is 0.0605. The monoisotopic (exact) mass is 565 g/mol. The fourth-order valence-electron chi connectivity index (χ4n) is 6.75. The number of methoxy groups -OCH3 is 1. The summed E-state index contributed by atoms with van der Waals surface area (Å²) in [6.07, 6.45) is 10.9. The summed E-state index contributed by atoms with van der Waals surface area (Å²) < 4.78 is 14.6. The Balaban J connectivity index is 1.31. The first-order valence-corrected chi connectivity index (χ1v) is 14.9. The van der Waals surface area contributed by atoms with Crippen LogP contribution in [-0.2, 0) is 19.8 Å². The summed E-state index contributed by atoms with van der Waals surface area (Å²) in [5.41, 5.74) is 3.21. The zero-order valence-corrected chi connectivity index (χ0v) is 24.7. The molecule has 1 aliphatic carbocycles. The van der Waals surface area contributed by atoms with Crippen molar-refractivity contribution in [1.82, 2.24) is 29.3 Å². The molecule has 1 spiro atoms. The van der Waals surface area contributed by atoms with Gasteiger partial charge in [-0.25, -0.2) is 9.50 Å². The number of carbonyl (C=O) groups is 1. The van der Waals surface area contributed by atoms with E-state index in [9.17, 15) is 9.90 Å². The number of hydrogen-bond acceptors (Lipinski definition) is 8. The molecule has 11 nitrogen and oxygen atoms in total. The van der Waals surface area contributed by atoms with Gasteiger partial charge in [0.15, 0.2) is 0 Å². The van der Waals surface area contributed by atoms with Crippen LogP contribution in [0.15, 0.2) is 24.7 Å². The lowest BCUT2D eigenvalue weighted by molar-refractivity contribution is -0.164. The van der Waals surface area contributed by atoms with Crippen LogP contribution in [0, 0.1) is 5.41 Å². The molecule has 1 saturated carbocycles. The largest absolute Gasteiger partial charge is 0.393 e. The molecule has 1 amide bonds. The summed E-state index contributed by atoms with van der Waals surface area (Å²) in [4.78, 5) is 20.4. The number of ether oxygens (including phenoxy) is 2. The zero-order chi connectivity index (χ0) is 28.8. The Morgan fingerprint density at radius 2 is 2.05 bits per heavy atom. The molecule has 3 aliphatic rings. The van der Waals surface area contributed by atoms with Gasteiger partial charge in [-0.1, -0.05) is 0 Å². The maximum Gasteiger partial charge on any atom is 0.249 e. The van der Waals surface area contributed by atoms with Gasteiger partial charge in [-0.05, 0) is 65.4 Å². The molecule has 0 bridgehead atoms. The number of aliphatic hydroxyl groups excluding tert-OH is 1. The summed E-state index contributed by atoms with van der Waals surface area (Å²) in [5, 5.41) is 23.0. The molecular formula is C30H43N7O4. The first-order valence-electron chi connectivity index (χ1n) is 14.9. The number of piperidine rings is 1. The lowest BCUT2D eigenvalue weighted by Gasteiger charge is -2.49. The summed E-state index contributed by atoms with van der Waals surface area (Å²) in [6, 6.07) is 2.25. The quantitative estimate of drug-likeness (QED) is 0.427. The first-order chi connectivity index (χ1) is 19.7. The third-order valence-electron chi connectivity index (χ3n) is 9.21. The number of nitrogens with one attached hydrogen (secondary N) is 1. The Bertz CT molecular complexity index is 1390. The van der Waals surface area contributed by atoms with Crippen molar-refractivity contribution in [2.75, 3.05) is 45.3 Å². The van der Waals surface area contributed by atoms with Crippen molar-refractivity contribution in [3.8, 4) is 11.1 Å². The molecule has 3 fully saturated rings. The molecule has 2 saturated heterocycles. The average Bonchev–Trinajstić information content (AvgIpc) is 3.58. The van der Waals surface area contributed by atoms with Crippen LogP contribution < -0.4 is 5.32 Å². The lowest BCUT2D eigenvalue weighted by Crippen LogP contribution is -2.58. The normalized spacial score (nSPS) is 23.5. The van der Waals surface area contributed by atoms with Crippen LogP contribution in [0.3, 0.4) is 0 Å². The van der Waals surface area contributed by atoms with Gasteiger partial charge in [-0.15, -0.1) is 5.10 Å². The number of nitrogens with zero attached hydrogens (tertiary/aromatic N) is 6. The number of amides is 1. The maximum atomic E-state index is 13.8. The van der Waals surface area contributed by atoms with Crippen molar-refractivity contribution in [3.63, 3.8) is 0 Å². The van der Waals surface area contributed by atoms with Gasteiger partial charge in [0.1, 0.15) is 5.54 Å². The molecule has 3 aromatic rings. The van der Waals surface area contributed by atoms with Crippen LogP contribution >= 0.6 is 0 Å². The van der Waals surface area contributed by atoms with Crippen molar-refractivity contribution in [2.24, 2.45) is 5.41 Å². The number of rotatable bonds is 8. The lowest BCUT2D eigenvalue weighted by atomic mass is 9.78. The molecule has 1 atom stereocenters. The second kappa shape index (κ2) is 11.0. The van der Waals surface area contributed by atoms with E-state index in [1.807, 2.05) is 48.8 Å². The van der Waals surface area contributed by atoms with E-state index in [-0.39, 0.29) is 29.4 Å². The van der Waals surface area contributed by atoms with E-state index in [0.29, 0.717) is 12.6 Å². The van der Waals surface area contributed by atoms with Crippen molar-refractivity contribution >= 4 is 17.4 Å². The number of aliphatic hydroxyl groups is 1. The molecule has 0 aromatic carbocycles. The summed E-state index contributed by atoms with van der Waals surface area (Å²) in [5.74, 6) is 0.916. The van der Waals surface area contributed by atoms with Crippen molar-refractivity contribution in [1.29, 1.82) is 0 Å². The summed E-state index contributed by atoms with van der Waals surface area (Å²) >= 11 is 0. The van der Waals surface area contributed by atoms with Gasteiger partial charge < -0.3 is 24.8 Å². The molecule has 2 N–H and O–H groups in total. The van der Waals surface area contributed by atoms with Crippen LogP contribution in [-0.4, -0.2) is 92.5 Å². The third kappa shape index (κ3) is 5.35. The van der Waals surface area contributed by atoms with Crippen molar-refractivity contribution < 1.29 is 19.4 Å². The van der Waals surface area contributed by atoms with Gasteiger partial charge in [-0.2, -0.15) is 5.10 Å². The fourth-order valence-corrected chi connectivity index (χ4v) is 6.75. The Morgan fingerprint density at radius 3 is 2.76 bits per heavy atom. The highest BCUT2D eigenvalue weighted by Gasteiger charge is 2.46. The van der Waals surface area contributed by atoms with Crippen LogP contribution in [0.5, 0.6) is 0 Å². The van der Waals surface area contributed by atoms with E-state index in [2.05, 4.69) is 16.4 Å². The number of carbonyl (C=O) groups excluding carboxylic acids is 1.